The summed E-state index contributed by atoms with van der Waals surface area (Å²) in [5.41, 5.74) is 2.47. The van der Waals surface area contributed by atoms with Gasteiger partial charge in [0.25, 0.3) is 5.56 Å². The predicted molar refractivity (Wildman–Crippen MR) is 155 cm³/mol. The molecular formula is C30H31N7O4. The number of hydrogen-bond acceptors (Lipinski definition) is 8. The molecule has 11 nitrogen and oxygen atoms in total. The number of ether oxygens (including phenoxy) is 1. The average Bonchev–Trinajstić information content (AvgIpc) is 2.95. The second kappa shape index (κ2) is 9.99. The van der Waals surface area contributed by atoms with Gasteiger partial charge < -0.3 is 14.5 Å². The molecule has 1 amide bonds. The highest BCUT2D eigenvalue weighted by Gasteiger charge is 2.31. The maximum Gasteiger partial charge on any atom is 0.355 e. The number of carbonyl (C=O) groups excluding carboxylic acids is 1. The largest absolute Gasteiger partial charge is 0.483 e. The molecule has 0 bridgehead atoms. The van der Waals surface area contributed by atoms with Crippen LogP contribution in [0.3, 0.4) is 0 Å². The molecule has 41 heavy (non-hydrogen) atoms. The van der Waals surface area contributed by atoms with Crippen LogP contribution in [0.5, 0.6) is 5.75 Å². The first-order chi connectivity index (χ1) is 19.7. The van der Waals surface area contributed by atoms with Crippen molar-refractivity contribution in [2.75, 3.05) is 24.5 Å². The normalized spacial score (nSPS) is 16.4. The minimum absolute atomic E-state index is 0.0197. The van der Waals surface area contributed by atoms with Gasteiger partial charge in [-0.15, -0.1) is 0 Å². The fourth-order valence-electron chi connectivity index (χ4n) is 5.71. The van der Waals surface area contributed by atoms with Gasteiger partial charge in [0.15, 0.2) is 17.2 Å². The van der Waals surface area contributed by atoms with E-state index < -0.39 is 5.69 Å². The minimum Gasteiger partial charge on any atom is -0.483 e. The van der Waals surface area contributed by atoms with Crippen molar-refractivity contribution >= 4 is 22.8 Å². The number of fused-ring (bicyclic) bond motifs is 4. The lowest BCUT2D eigenvalue weighted by Crippen LogP contribution is -2.54. The summed E-state index contributed by atoms with van der Waals surface area (Å²) in [4.78, 5) is 57.2. The molecule has 1 saturated heterocycles. The standard InChI is InChI=1S/C30H31N7O4/c1-6-23(38)34-12-13-35(19(5)15-34)27-21-14-22-29(36-20(16-41-22)8-7-9-24(36)39)32-28(21)37(30(40)33-27)26-18(4)10-11-31-25(26)17(2)3/h6-11,14,17,19H,1,12-13,15-16H2,2-5H3/t19-/m0/s1. The van der Waals surface area contributed by atoms with Gasteiger partial charge in [0, 0.05) is 37.9 Å². The highest BCUT2D eigenvalue weighted by Crippen LogP contribution is 2.36. The summed E-state index contributed by atoms with van der Waals surface area (Å²) in [5, 5.41) is 0.601. The summed E-state index contributed by atoms with van der Waals surface area (Å²) >= 11 is 0. The van der Waals surface area contributed by atoms with E-state index >= 15 is 0 Å². The number of piperazine rings is 1. The third kappa shape index (κ3) is 4.28. The van der Waals surface area contributed by atoms with Crippen molar-refractivity contribution in [3.05, 3.63) is 87.0 Å². The van der Waals surface area contributed by atoms with E-state index in [4.69, 9.17) is 9.72 Å². The van der Waals surface area contributed by atoms with Crippen molar-refractivity contribution in [3.8, 4) is 17.3 Å². The molecule has 0 spiro atoms. The number of carbonyl (C=O) groups is 1. The monoisotopic (exact) mass is 553 g/mol. The van der Waals surface area contributed by atoms with Crippen LogP contribution in [-0.2, 0) is 11.4 Å². The number of nitrogens with zero attached hydrogens (tertiary/aromatic N) is 7. The van der Waals surface area contributed by atoms with Gasteiger partial charge in [0.2, 0.25) is 5.91 Å². The minimum atomic E-state index is -0.507. The summed E-state index contributed by atoms with van der Waals surface area (Å²) in [6, 6.07) is 8.51. The van der Waals surface area contributed by atoms with Crippen LogP contribution in [0.4, 0.5) is 5.82 Å². The zero-order valence-corrected chi connectivity index (χ0v) is 23.5. The van der Waals surface area contributed by atoms with Crippen molar-refractivity contribution in [1.82, 2.24) is 29.0 Å². The second-order valence-electron chi connectivity index (χ2n) is 10.8. The van der Waals surface area contributed by atoms with Crippen LogP contribution in [0.15, 0.2) is 58.8 Å². The van der Waals surface area contributed by atoms with Crippen LogP contribution in [-0.4, -0.2) is 60.6 Å². The molecule has 1 fully saturated rings. The summed E-state index contributed by atoms with van der Waals surface area (Å²) in [6.45, 7) is 13.1. The van der Waals surface area contributed by atoms with E-state index in [0.29, 0.717) is 59.4 Å². The molecule has 0 unspecified atom stereocenters. The molecule has 0 N–H and O–H groups in total. The van der Waals surface area contributed by atoms with Crippen molar-refractivity contribution in [2.24, 2.45) is 0 Å². The molecule has 0 radical (unpaired) electrons. The van der Waals surface area contributed by atoms with Crippen LogP contribution < -0.4 is 20.9 Å². The van der Waals surface area contributed by atoms with E-state index in [2.05, 4.69) is 16.5 Å². The van der Waals surface area contributed by atoms with Crippen LogP contribution in [0.1, 0.15) is 43.6 Å². The number of aromatic nitrogens is 5. The van der Waals surface area contributed by atoms with E-state index in [1.54, 1.807) is 17.2 Å². The predicted octanol–water partition coefficient (Wildman–Crippen LogP) is 2.87. The third-order valence-electron chi connectivity index (χ3n) is 7.73. The molecule has 6 rings (SSSR count). The molecule has 0 saturated carbocycles. The Bertz CT molecular complexity index is 1840. The number of rotatable bonds is 4. The first-order valence-electron chi connectivity index (χ1n) is 13.6. The molecule has 11 heteroatoms. The van der Waals surface area contributed by atoms with Gasteiger partial charge in [-0.25, -0.2) is 14.3 Å². The van der Waals surface area contributed by atoms with Crippen molar-refractivity contribution < 1.29 is 9.53 Å². The van der Waals surface area contributed by atoms with Gasteiger partial charge in [0.05, 0.1) is 22.5 Å². The first-order valence-corrected chi connectivity index (χ1v) is 13.6. The number of amides is 1. The Labute approximate surface area is 236 Å². The lowest BCUT2D eigenvalue weighted by Gasteiger charge is -2.40. The molecule has 1 atom stereocenters. The molecule has 4 aromatic heterocycles. The van der Waals surface area contributed by atoms with Crippen molar-refractivity contribution in [2.45, 2.75) is 46.3 Å². The molecule has 4 aromatic rings. The molecule has 2 aliphatic rings. The summed E-state index contributed by atoms with van der Waals surface area (Å²) < 4.78 is 9.10. The smallest absolute Gasteiger partial charge is 0.355 e. The summed E-state index contributed by atoms with van der Waals surface area (Å²) in [5.74, 6) is 1.08. The SMILES string of the molecule is C=CC(=O)N1CCN(c2nc(=O)n(-c3c(C)ccnc3C(C)C)c3nc4c(cc23)OCc2cccc(=O)n2-4)[C@@H](C)C1. The number of anilines is 1. The van der Waals surface area contributed by atoms with E-state index in [1.165, 1.54) is 21.3 Å². The van der Waals surface area contributed by atoms with E-state index in [0.717, 1.165) is 11.3 Å². The third-order valence-corrected chi connectivity index (χ3v) is 7.73. The zero-order chi connectivity index (χ0) is 29.0. The first kappa shape index (κ1) is 26.4. The molecular weight excluding hydrogens is 522 g/mol. The van der Waals surface area contributed by atoms with E-state index in [9.17, 15) is 14.4 Å². The summed E-state index contributed by atoms with van der Waals surface area (Å²) in [6.07, 6.45) is 3.04. The topological polar surface area (TPSA) is 115 Å². The van der Waals surface area contributed by atoms with E-state index in [-0.39, 0.29) is 30.0 Å². The highest BCUT2D eigenvalue weighted by atomic mass is 16.5. The Kier molecular flexibility index (Phi) is 6.44. The number of hydrogen-bond donors (Lipinski definition) is 0. The molecule has 0 aromatic carbocycles. The number of aryl methyl sites for hydroxylation is 1. The Morgan fingerprint density at radius 3 is 2.66 bits per heavy atom. The quantitative estimate of drug-likeness (QED) is 0.355. The second-order valence-corrected chi connectivity index (χ2v) is 10.8. The highest BCUT2D eigenvalue weighted by molar-refractivity contribution is 5.91. The van der Waals surface area contributed by atoms with Gasteiger partial charge in [-0.05, 0) is 49.6 Å². The van der Waals surface area contributed by atoms with Gasteiger partial charge >= 0.3 is 5.69 Å². The van der Waals surface area contributed by atoms with Crippen LogP contribution in [0.2, 0.25) is 0 Å². The molecule has 6 heterocycles. The molecule has 210 valence electrons. The van der Waals surface area contributed by atoms with Crippen molar-refractivity contribution in [1.29, 1.82) is 0 Å². The number of pyridine rings is 3. The van der Waals surface area contributed by atoms with Gasteiger partial charge in [-0.1, -0.05) is 26.5 Å². The Morgan fingerprint density at radius 1 is 1.12 bits per heavy atom. The maximum absolute atomic E-state index is 14.0. The van der Waals surface area contributed by atoms with Crippen LogP contribution in [0, 0.1) is 6.92 Å². The maximum atomic E-state index is 14.0. The fourth-order valence-corrected chi connectivity index (χ4v) is 5.71. The average molecular weight is 554 g/mol. The fraction of sp³-hybridized carbons (Fsp3) is 0.333. The lowest BCUT2D eigenvalue weighted by atomic mass is 10.0. The summed E-state index contributed by atoms with van der Waals surface area (Å²) in [7, 11) is 0. The molecule has 0 aliphatic carbocycles. The van der Waals surface area contributed by atoms with Gasteiger partial charge in [0.1, 0.15) is 12.4 Å². The molecule has 2 aliphatic heterocycles. The lowest BCUT2D eigenvalue weighted by molar-refractivity contribution is -0.126. The van der Waals surface area contributed by atoms with Gasteiger partial charge in [-0.3, -0.25) is 19.1 Å². The van der Waals surface area contributed by atoms with Gasteiger partial charge in [-0.2, -0.15) is 4.98 Å². The Hall–Kier alpha value is -4.80. The Balaban J connectivity index is 1.65. The van der Waals surface area contributed by atoms with E-state index in [1.807, 2.05) is 50.8 Å². The van der Waals surface area contributed by atoms with Crippen LogP contribution >= 0.6 is 0 Å². The van der Waals surface area contributed by atoms with Crippen LogP contribution in [0.25, 0.3) is 22.5 Å². The zero-order valence-electron chi connectivity index (χ0n) is 23.5. The van der Waals surface area contributed by atoms with Crippen molar-refractivity contribution in [3.63, 3.8) is 0 Å². The Morgan fingerprint density at radius 2 is 1.93 bits per heavy atom.